The molecule has 0 radical (unpaired) electrons. The van der Waals surface area contributed by atoms with Crippen LogP contribution in [0.5, 0.6) is 0 Å². The molecule has 0 unspecified atom stereocenters. The maximum Gasteiger partial charge on any atom is 0.143 e. The van der Waals surface area contributed by atoms with Gasteiger partial charge in [-0.25, -0.2) is 0 Å². The molecule has 106 valence electrons. The summed E-state index contributed by atoms with van der Waals surface area (Å²) in [6.45, 7) is 6.62. The maximum absolute atomic E-state index is 12.2. The van der Waals surface area contributed by atoms with Crippen LogP contribution in [-0.4, -0.2) is 15.6 Å². The summed E-state index contributed by atoms with van der Waals surface area (Å²) in [5.74, 6) is 0.158. The van der Waals surface area contributed by atoms with Crippen LogP contribution >= 0.6 is 11.6 Å². The first-order valence-electron chi connectivity index (χ1n) is 6.80. The number of halogens is 1. The lowest BCUT2D eigenvalue weighted by atomic mass is 10.0. The van der Waals surface area contributed by atoms with Crippen molar-refractivity contribution in [3.05, 3.63) is 51.8 Å². The van der Waals surface area contributed by atoms with Crippen molar-refractivity contribution in [2.45, 2.75) is 40.2 Å². The lowest BCUT2D eigenvalue weighted by Gasteiger charge is -2.05. The fraction of sp³-hybridized carbons (Fsp3) is 0.375. The van der Waals surface area contributed by atoms with E-state index in [0.29, 0.717) is 17.9 Å². The minimum Gasteiger partial charge on any atom is -0.299 e. The van der Waals surface area contributed by atoms with Crippen LogP contribution in [0.2, 0.25) is 5.02 Å². The highest BCUT2D eigenvalue weighted by Crippen LogP contribution is 2.21. The van der Waals surface area contributed by atoms with Gasteiger partial charge < -0.3 is 0 Å². The van der Waals surface area contributed by atoms with Crippen LogP contribution in [0.4, 0.5) is 0 Å². The average Bonchev–Trinajstić information content (AvgIpc) is 2.69. The Morgan fingerprint density at radius 3 is 2.45 bits per heavy atom. The number of carbonyl (C=O) groups is 1. The molecule has 0 N–H and O–H groups in total. The predicted octanol–water partition coefficient (Wildman–Crippen LogP) is 3.53. The number of Topliss-reactive ketones (excluding diaryl/α,β-unsaturated/α-hetero) is 1. The first kappa shape index (κ1) is 14.8. The van der Waals surface area contributed by atoms with Crippen molar-refractivity contribution < 1.29 is 4.79 Å². The van der Waals surface area contributed by atoms with Crippen LogP contribution in [0, 0.1) is 13.8 Å². The van der Waals surface area contributed by atoms with Gasteiger partial charge in [0.05, 0.1) is 22.8 Å². The molecule has 0 fully saturated rings. The predicted molar refractivity (Wildman–Crippen MR) is 81.2 cm³/mol. The van der Waals surface area contributed by atoms with Crippen molar-refractivity contribution in [1.29, 1.82) is 0 Å². The van der Waals surface area contributed by atoms with Crippen LogP contribution < -0.4 is 0 Å². The van der Waals surface area contributed by atoms with Gasteiger partial charge in [0.2, 0.25) is 0 Å². The first-order chi connectivity index (χ1) is 9.51. The van der Waals surface area contributed by atoms with Gasteiger partial charge in [-0.1, -0.05) is 41.4 Å². The number of rotatable bonds is 5. The number of nitrogens with zero attached hydrogens (tertiary/aromatic N) is 2. The molecular weight excluding hydrogens is 272 g/mol. The van der Waals surface area contributed by atoms with Gasteiger partial charge in [0.1, 0.15) is 5.78 Å². The zero-order chi connectivity index (χ0) is 14.7. The Morgan fingerprint density at radius 2 is 1.85 bits per heavy atom. The molecule has 0 amide bonds. The summed E-state index contributed by atoms with van der Waals surface area (Å²) in [5.41, 5.74) is 3.84. The van der Waals surface area contributed by atoms with E-state index in [-0.39, 0.29) is 5.78 Å². The Balaban J connectivity index is 2.10. The highest BCUT2D eigenvalue weighted by Gasteiger charge is 2.16. The van der Waals surface area contributed by atoms with Crippen LogP contribution in [0.25, 0.3) is 0 Å². The molecular formula is C16H19ClN2O. The topological polar surface area (TPSA) is 34.9 Å². The summed E-state index contributed by atoms with van der Waals surface area (Å²) in [6.07, 6.45) is 0.770. The molecule has 0 aliphatic carbocycles. The minimum atomic E-state index is 0.158. The van der Waals surface area contributed by atoms with Crippen molar-refractivity contribution in [3.63, 3.8) is 0 Å². The zero-order valence-electron chi connectivity index (χ0n) is 12.1. The minimum absolute atomic E-state index is 0.158. The summed E-state index contributed by atoms with van der Waals surface area (Å²) in [7, 11) is 0. The lowest BCUT2D eigenvalue weighted by Crippen LogP contribution is -2.11. The normalized spacial score (nSPS) is 10.8. The number of hydrogen-bond acceptors (Lipinski definition) is 2. The van der Waals surface area contributed by atoms with E-state index in [2.05, 4.69) is 5.10 Å². The Morgan fingerprint density at radius 1 is 1.20 bits per heavy atom. The fourth-order valence-corrected chi connectivity index (χ4v) is 2.42. The Hall–Kier alpha value is -1.61. The Labute approximate surface area is 124 Å². The zero-order valence-corrected chi connectivity index (χ0v) is 12.9. The number of hydrogen-bond donors (Lipinski definition) is 0. The summed E-state index contributed by atoms with van der Waals surface area (Å²) < 4.78 is 1.81. The Kier molecular flexibility index (Phi) is 4.61. The second-order valence-corrected chi connectivity index (χ2v) is 5.42. The number of ketones is 1. The lowest BCUT2D eigenvalue weighted by molar-refractivity contribution is -0.117. The van der Waals surface area contributed by atoms with E-state index in [4.69, 9.17) is 11.6 Å². The highest BCUT2D eigenvalue weighted by atomic mass is 35.5. The molecule has 0 saturated carbocycles. The number of carbonyl (C=O) groups excluding carboxylic acids is 1. The second kappa shape index (κ2) is 6.23. The van der Waals surface area contributed by atoms with Crippen LogP contribution in [0.1, 0.15) is 29.4 Å². The summed E-state index contributed by atoms with van der Waals surface area (Å²) in [6, 6.07) is 8.04. The molecule has 20 heavy (non-hydrogen) atoms. The molecule has 2 aromatic rings. The number of benzene rings is 1. The summed E-state index contributed by atoms with van der Waals surface area (Å²) in [5, 5.41) is 4.95. The number of aryl methyl sites for hydroxylation is 3. The van der Waals surface area contributed by atoms with Crippen LogP contribution in [-0.2, 0) is 24.2 Å². The smallest absolute Gasteiger partial charge is 0.143 e. The van der Waals surface area contributed by atoms with Gasteiger partial charge in [-0.05, 0) is 26.3 Å². The molecule has 1 aromatic heterocycles. The third-order valence-corrected chi connectivity index (χ3v) is 3.83. The molecule has 4 heteroatoms. The largest absolute Gasteiger partial charge is 0.299 e. The van der Waals surface area contributed by atoms with Gasteiger partial charge in [-0.2, -0.15) is 5.10 Å². The van der Waals surface area contributed by atoms with Crippen molar-refractivity contribution >= 4 is 17.4 Å². The fourth-order valence-electron chi connectivity index (χ4n) is 2.22. The van der Waals surface area contributed by atoms with Gasteiger partial charge in [0.25, 0.3) is 0 Å². The Bertz CT molecular complexity index is 614. The van der Waals surface area contributed by atoms with Gasteiger partial charge in [0.15, 0.2) is 0 Å². The molecule has 0 bridgehead atoms. The number of aromatic nitrogens is 2. The van der Waals surface area contributed by atoms with E-state index in [1.54, 1.807) is 0 Å². The quantitative estimate of drug-likeness (QED) is 0.844. The average molecular weight is 291 g/mol. The monoisotopic (exact) mass is 290 g/mol. The molecule has 2 rings (SSSR count). The summed E-state index contributed by atoms with van der Waals surface area (Å²) >= 11 is 6.22. The van der Waals surface area contributed by atoms with Crippen molar-refractivity contribution in [3.8, 4) is 0 Å². The van der Waals surface area contributed by atoms with Crippen molar-refractivity contribution in [1.82, 2.24) is 9.78 Å². The van der Waals surface area contributed by atoms with Crippen LogP contribution in [0.3, 0.4) is 0 Å². The molecule has 3 nitrogen and oxygen atoms in total. The van der Waals surface area contributed by atoms with E-state index in [0.717, 1.165) is 23.5 Å². The van der Waals surface area contributed by atoms with Gasteiger partial charge in [-0.3, -0.25) is 9.48 Å². The molecule has 0 spiro atoms. The van der Waals surface area contributed by atoms with Gasteiger partial charge in [-0.15, -0.1) is 0 Å². The molecule has 1 heterocycles. The van der Waals surface area contributed by atoms with E-state index >= 15 is 0 Å². The SMILES string of the molecule is CCn1nc(C)c(Cl)c1CC(=O)Cc1ccc(C)cc1. The maximum atomic E-state index is 12.2. The van der Waals surface area contributed by atoms with Crippen molar-refractivity contribution in [2.24, 2.45) is 0 Å². The first-order valence-corrected chi connectivity index (χ1v) is 7.18. The standard InChI is InChI=1S/C16H19ClN2O/c1-4-19-15(16(17)12(3)18-19)10-14(20)9-13-7-5-11(2)6-8-13/h5-8H,4,9-10H2,1-3H3. The highest BCUT2D eigenvalue weighted by molar-refractivity contribution is 6.32. The third kappa shape index (κ3) is 3.28. The van der Waals surface area contributed by atoms with Crippen LogP contribution in [0.15, 0.2) is 24.3 Å². The van der Waals surface area contributed by atoms with E-state index in [1.807, 2.05) is 49.7 Å². The van der Waals surface area contributed by atoms with Crippen molar-refractivity contribution in [2.75, 3.05) is 0 Å². The molecule has 0 saturated heterocycles. The van der Waals surface area contributed by atoms with Gasteiger partial charge >= 0.3 is 0 Å². The van der Waals surface area contributed by atoms with E-state index in [9.17, 15) is 4.79 Å². The molecule has 0 atom stereocenters. The van der Waals surface area contributed by atoms with Gasteiger partial charge in [0, 0.05) is 13.0 Å². The molecule has 0 aliphatic rings. The summed E-state index contributed by atoms with van der Waals surface area (Å²) in [4.78, 5) is 12.2. The molecule has 0 aliphatic heterocycles. The second-order valence-electron chi connectivity index (χ2n) is 5.04. The van der Waals surface area contributed by atoms with E-state index < -0.39 is 0 Å². The third-order valence-electron chi connectivity index (χ3n) is 3.34. The molecule has 1 aromatic carbocycles. The van der Waals surface area contributed by atoms with E-state index in [1.165, 1.54) is 5.56 Å².